The number of amides is 1. The van der Waals surface area contributed by atoms with Gasteiger partial charge >= 0.3 is 0 Å². The normalized spacial score (nSPS) is 29.3. The van der Waals surface area contributed by atoms with Gasteiger partial charge in [-0.05, 0) is 19.8 Å². The molecule has 0 spiro atoms. The molecule has 1 aliphatic carbocycles. The van der Waals surface area contributed by atoms with Crippen LogP contribution in [-0.4, -0.2) is 31.2 Å². The Morgan fingerprint density at radius 2 is 2.25 bits per heavy atom. The second-order valence-electron chi connectivity index (χ2n) is 5.42. The van der Waals surface area contributed by atoms with E-state index in [1.807, 2.05) is 6.92 Å². The lowest BCUT2D eigenvalue weighted by molar-refractivity contribution is -0.132. The Morgan fingerprint density at radius 1 is 1.62 bits per heavy atom. The summed E-state index contributed by atoms with van der Waals surface area (Å²) in [4.78, 5) is 11.6. The van der Waals surface area contributed by atoms with E-state index < -0.39 is 0 Å². The fourth-order valence-electron chi connectivity index (χ4n) is 2.16. The second-order valence-corrected chi connectivity index (χ2v) is 5.42. The SMILES string of the molecule is COC1CC(NC(=O)CCC(C)N)C1(C)C. The van der Waals surface area contributed by atoms with Gasteiger partial charge in [0.1, 0.15) is 0 Å². The fraction of sp³-hybridized carbons (Fsp3) is 0.917. The minimum Gasteiger partial charge on any atom is -0.381 e. The highest BCUT2D eigenvalue weighted by Crippen LogP contribution is 2.42. The van der Waals surface area contributed by atoms with Crippen LogP contribution in [0, 0.1) is 5.41 Å². The molecular weight excluding hydrogens is 204 g/mol. The summed E-state index contributed by atoms with van der Waals surface area (Å²) in [6.07, 6.45) is 2.42. The molecule has 3 atom stereocenters. The zero-order valence-electron chi connectivity index (χ0n) is 10.7. The first kappa shape index (κ1) is 13.5. The largest absolute Gasteiger partial charge is 0.381 e. The van der Waals surface area contributed by atoms with Crippen molar-refractivity contribution in [2.75, 3.05) is 7.11 Å². The molecule has 3 unspecified atom stereocenters. The topological polar surface area (TPSA) is 64.3 Å². The van der Waals surface area contributed by atoms with E-state index >= 15 is 0 Å². The van der Waals surface area contributed by atoms with Crippen LogP contribution in [0.25, 0.3) is 0 Å². The van der Waals surface area contributed by atoms with Crippen molar-refractivity contribution in [3.63, 3.8) is 0 Å². The van der Waals surface area contributed by atoms with E-state index in [0.717, 1.165) is 12.8 Å². The fourth-order valence-corrected chi connectivity index (χ4v) is 2.16. The van der Waals surface area contributed by atoms with Crippen molar-refractivity contribution in [3.05, 3.63) is 0 Å². The number of ether oxygens (including phenoxy) is 1. The monoisotopic (exact) mass is 228 g/mol. The average Bonchev–Trinajstić information content (AvgIpc) is 2.20. The Balaban J connectivity index is 2.31. The minimum absolute atomic E-state index is 0.0404. The number of carbonyl (C=O) groups is 1. The summed E-state index contributed by atoms with van der Waals surface area (Å²) in [5.41, 5.74) is 5.66. The van der Waals surface area contributed by atoms with Gasteiger partial charge < -0.3 is 15.8 Å². The number of nitrogens with two attached hydrogens (primary N) is 1. The summed E-state index contributed by atoms with van der Waals surface area (Å²) in [6, 6.07) is 0.324. The number of methoxy groups -OCH3 is 1. The van der Waals surface area contributed by atoms with Gasteiger partial charge in [0.2, 0.25) is 5.91 Å². The average molecular weight is 228 g/mol. The van der Waals surface area contributed by atoms with Gasteiger partial charge in [-0.2, -0.15) is 0 Å². The van der Waals surface area contributed by atoms with Crippen molar-refractivity contribution in [1.82, 2.24) is 5.32 Å². The molecule has 4 heteroatoms. The molecule has 3 N–H and O–H groups in total. The van der Waals surface area contributed by atoms with Crippen LogP contribution in [0.1, 0.15) is 40.0 Å². The quantitative estimate of drug-likeness (QED) is 0.739. The molecule has 0 heterocycles. The highest BCUT2D eigenvalue weighted by Gasteiger charge is 2.49. The number of carbonyl (C=O) groups excluding carboxylic acids is 1. The van der Waals surface area contributed by atoms with Gasteiger partial charge in [-0.3, -0.25) is 4.79 Å². The second kappa shape index (κ2) is 5.15. The Labute approximate surface area is 97.9 Å². The molecule has 1 amide bonds. The maximum Gasteiger partial charge on any atom is 0.220 e. The first-order chi connectivity index (χ1) is 7.37. The van der Waals surface area contributed by atoms with Crippen LogP contribution >= 0.6 is 0 Å². The predicted octanol–water partition coefficient (Wildman–Crippen LogP) is 1.04. The predicted molar refractivity (Wildman–Crippen MR) is 64.0 cm³/mol. The molecule has 0 aromatic carbocycles. The van der Waals surface area contributed by atoms with E-state index in [-0.39, 0.29) is 29.5 Å². The van der Waals surface area contributed by atoms with Crippen LogP contribution in [0.3, 0.4) is 0 Å². The molecule has 0 saturated heterocycles. The van der Waals surface area contributed by atoms with Gasteiger partial charge in [0.05, 0.1) is 6.10 Å². The molecule has 0 aliphatic heterocycles. The number of rotatable bonds is 5. The molecule has 1 saturated carbocycles. The molecule has 0 aromatic rings. The molecule has 1 aliphatic rings. The summed E-state index contributed by atoms with van der Waals surface area (Å²) < 4.78 is 5.34. The van der Waals surface area contributed by atoms with Crippen LogP contribution in [0.15, 0.2) is 0 Å². The molecule has 0 bridgehead atoms. The molecule has 1 fully saturated rings. The van der Waals surface area contributed by atoms with Gasteiger partial charge in [-0.25, -0.2) is 0 Å². The lowest BCUT2D eigenvalue weighted by Gasteiger charge is -2.51. The van der Waals surface area contributed by atoms with Crippen LogP contribution in [-0.2, 0) is 9.53 Å². The number of hydrogen-bond acceptors (Lipinski definition) is 3. The Bertz CT molecular complexity index is 251. The standard InChI is InChI=1S/C12H24N2O2/c1-8(13)5-6-11(15)14-9-7-10(16-4)12(9,2)3/h8-10H,5-7,13H2,1-4H3,(H,14,15). The highest BCUT2D eigenvalue weighted by molar-refractivity contribution is 5.76. The Morgan fingerprint density at radius 3 is 2.69 bits per heavy atom. The summed E-state index contributed by atoms with van der Waals surface area (Å²) in [5.74, 6) is 0.102. The molecule has 94 valence electrons. The molecule has 4 nitrogen and oxygen atoms in total. The first-order valence-corrected chi connectivity index (χ1v) is 5.95. The van der Waals surface area contributed by atoms with Crippen LogP contribution in [0.4, 0.5) is 0 Å². The van der Waals surface area contributed by atoms with E-state index in [2.05, 4.69) is 19.2 Å². The van der Waals surface area contributed by atoms with E-state index in [1.54, 1.807) is 7.11 Å². The summed E-state index contributed by atoms with van der Waals surface area (Å²) in [5, 5.41) is 3.05. The third kappa shape index (κ3) is 2.95. The zero-order valence-corrected chi connectivity index (χ0v) is 10.7. The van der Waals surface area contributed by atoms with Crippen LogP contribution in [0.5, 0.6) is 0 Å². The van der Waals surface area contributed by atoms with Crippen LogP contribution < -0.4 is 11.1 Å². The smallest absolute Gasteiger partial charge is 0.220 e. The molecule has 0 aromatic heterocycles. The lowest BCUT2D eigenvalue weighted by Crippen LogP contribution is -2.61. The zero-order chi connectivity index (χ0) is 12.3. The van der Waals surface area contributed by atoms with Crippen molar-refractivity contribution in [1.29, 1.82) is 0 Å². The third-order valence-corrected chi connectivity index (χ3v) is 3.62. The summed E-state index contributed by atoms with van der Waals surface area (Å²) in [7, 11) is 1.72. The van der Waals surface area contributed by atoms with E-state index in [1.165, 1.54) is 0 Å². The maximum atomic E-state index is 11.6. The third-order valence-electron chi connectivity index (χ3n) is 3.62. The van der Waals surface area contributed by atoms with E-state index in [4.69, 9.17) is 10.5 Å². The van der Waals surface area contributed by atoms with E-state index in [9.17, 15) is 4.79 Å². The van der Waals surface area contributed by atoms with Gasteiger partial charge in [-0.1, -0.05) is 13.8 Å². The first-order valence-electron chi connectivity index (χ1n) is 5.95. The van der Waals surface area contributed by atoms with Crippen molar-refractivity contribution in [2.24, 2.45) is 11.1 Å². The number of hydrogen-bond donors (Lipinski definition) is 2. The minimum atomic E-state index is 0.0404. The molecule has 16 heavy (non-hydrogen) atoms. The Hall–Kier alpha value is -0.610. The summed E-state index contributed by atoms with van der Waals surface area (Å²) >= 11 is 0. The summed E-state index contributed by atoms with van der Waals surface area (Å²) in [6.45, 7) is 6.17. The van der Waals surface area contributed by atoms with E-state index in [0.29, 0.717) is 6.42 Å². The Kier molecular flexibility index (Phi) is 4.33. The van der Waals surface area contributed by atoms with Gasteiger partial charge in [-0.15, -0.1) is 0 Å². The highest BCUT2D eigenvalue weighted by atomic mass is 16.5. The van der Waals surface area contributed by atoms with Gasteiger partial charge in [0.15, 0.2) is 0 Å². The number of nitrogens with one attached hydrogen (secondary N) is 1. The van der Waals surface area contributed by atoms with Crippen molar-refractivity contribution in [3.8, 4) is 0 Å². The molecular formula is C12H24N2O2. The van der Waals surface area contributed by atoms with Gasteiger partial charge in [0.25, 0.3) is 0 Å². The van der Waals surface area contributed by atoms with Crippen LogP contribution in [0.2, 0.25) is 0 Å². The van der Waals surface area contributed by atoms with Crippen molar-refractivity contribution < 1.29 is 9.53 Å². The molecule has 0 radical (unpaired) electrons. The molecule has 1 rings (SSSR count). The van der Waals surface area contributed by atoms with Crippen molar-refractivity contribution >= 4 is 5.91 Å². The van der Waals surface area contributed by atoms with Crippen molar-refractivity contribution in [2.45, 2.75) is 58.2 Å². The lowest BCUT2D eigenvalue weighted by atomic mass is 9.64. The van der Waals surface area contributed by atoms with Gasteiger partial charge in [0, 0.05) is 31.0 Å². The maximum absolute atomic E-state index is 11.6.